The second-order valence-corrected chi connectivity index (χ2v) is 8.70. The number of methoxy groups -OCH3 is 1. The second-order valence-electron chi connectivity index (χ2n) is 6.61. The van der Waals surface area contributed by atoms with Gasteiger partial charge in [0.25, 0.3) is 15.9 Å². The van der Waals surface area contributed by atoms with Gasteiger partial charge in [-0.15, -0.1) is 0 Å². The maximum atomic E-state index is 13.3. The number of amides is 1. The van der Waals surface area contributed by atoms with Gasteiger partial charge in [-0.2, -0.15) is 0 Å². The van der Waals surface area contributed by atoms with Gasteiger partial charge in [0.05, 0.1) is 17.0 Å². The van der Waals surface area contributed by atoms with Crippen LogP contribution in [0.25, 0.3) is 0 Å². The molecule has 0 aromatic heterocycles. The molecule has 3 rings (SSSR count). The SMILES string of the molecule is COc1ccc(CCNC(=O)c2ccc(NS(=O)(=O)c3ccc(F)c(Cl)c3)cc2)cc1. The van der Waals surface area contributed by atoms with Crippen LogP contribution < -0.4 is 14.8 Å². The third-order valence-corrected chi connectivity index (χ3v) is 6.13. The Morgan fingerprint density at radius 3 is 2.32 bits per heavy atom. The normalized spacial score (nSPS) is 11.1. The van der Waals surface area contributed by atoms with Gasteiger partial charge in [-0.3, -0.25) is 9.52 Å². The highest BCUT2D eigenvalue weighted by Gasteiger charge is 2.16. The summed E-state index contributed by atoms with van der Waals surface area (Å²) in [4.78, 5) is 12.1. The fourth-order valence-electron chi connectivity index (χ4n) is 2.76. The van der Waals surface area contributed by atoms with Gasteiger partial charge in [0.1, 0.15) is 11.6 Å². The van der Waals surface area contributed by atoms with Crippen LogP contribution in [0.5, 0.6) is 5.75 Å². The molecule has 6 nitrogen and oxygen atoms in total. The number of nitrogens with one attached hydrogen (secondary N) is 2. The Balaban J connectivity index is 1.57. The van der Waals surface area contributed by atoms with Gasteiger partial charge in [0, 0.05) is 17.8 Å². The smallest absolute Gasteiger partial charge is 0.261 e. The molecule has 0 atom stereocenters. The van der Waals surface area contributed by atoms with E-state index in [-0.39, 0.29) is 21.5 Å². The van der Waals surface area contributed by atoms with E-state index in [0.29, 0.717) is 18.5 Å². The number of hydrogen-bond donors (Lipinski definition) is 2. The summed E-state index contributed by atoms with van der Waals surface area (Å²) >= 11 is 5.66. The Bertz CT molecular complexity index is 1170. The summed E-state index contributed by atoms with van der Waals surface area (Å²) in [6.07, 6.45) is 0.661. The van der Waals surface area contributed by atoms with E-state index in [4.69, 9.17) is 16.3 Å². The lowest BCUT2D eigenvalue weighted by molar-refractivity contribution is 0.0954. The Kier molecular flexibility index (Phi) is 7.14. The first-order chi connectivity index (χ1) is 14.8. The van der Waals surface area contributed by atoms with E-state index in [1.165, 1.54) is 24.3 Å². The van der Waals surface area contributed by atoms with E-state index in [1.807, 2.05) is 24.3 Å². The summed E-state index contributed by atoms with van der Waals surface area (Å²) < 4.78 is 45.6. The van der Waals surface area contributed by atoms with Crippen molar-refractivity contribution in [3.8, 4) is 5.75 Å². The quantitative estimate of drug-likeness (QED) is 0.524. The molecule has 3 aromatic carbocycles. The summed E-state index contributed by atoms with van der Waals surface area (Å²) in [6, 6.07) is 16.7. The number of halogens is 2. The fraction of sp³-hybridized carbons (Fsp3) is 0.136. The zero-order valence-electron chi connectivity index (χ0n) is 16.6. The number of benzene rings is 3. The van der Waals surface area contributed by atoms with Crippen LogP contribution in [0.4, 0.5) is 10.1 Å². The molecule has 0 aliphatic rings. The van der Waals surface area contributed by atoms with Crippen LogP contribution in [0.2, 0.25) is 5.02 Å². The summed E-state index contributed by atoms with van der Waals surface area (Å²) in [5.41, 5.74) is 1.71. The summed E-state index contributed by atoms with van der Waals surface area (Å²) in [5.74, 6) is -0.206. The van der Waals surface area contributed by atoms with Crippen molar-refractivity contribution in [1.29, 1.82) is 0 Å². The molecule has 2 N–H and O–H groups in total. The second kappa shape index (κ2) is 9.80. The molecule has 31 heavy (non-hydrogen) atoms. The molecule has 0 saturated carbocycles. The number of anilines is 1. The molecule has 0 spiro atoms. The van der Waals surface area contributed by atoms with Crippen LogP contribution in [0.15, 0.2) is 71.6 Å². The number of rotatable bonds is 8. The van der Waals surface area contributed by atoms with Crippen LogP contribution in [0.1, 0.15) is 15.9 Å². The first-order valence-electron chi connectivity index (χ1n) is 9.27. The lowest BCUT2D eigenvalue weighted by Gasteiger charge is -2.10. The summed E-state index contributed by atoms with van der Waals surface area (Å²) in [5, 5.41) is 2.53. The molecule has 0 saturated heterocycles. The number of carbonyl (C=O) groups is 1. The van der Waals surface area contributed by atoms with Crippen molar-refractivity contribution in [3.05, 3.63) is 88.7 Å². The number of hydrogen-bond acceptors (Lipinski definition) is 4. The Morgan fingerprint density at radius 1 is 1.03 bits per heavy atom. The van der Waals surface area contributed by atoms with Crippen molar-refractivity contribution < 1.29 is 22.3 Å². The van der Waals surface area contributed by atoms with E-state index in [9.17, 15) is 17.6 Å². The van der Waals surface area contributed by atoms with E-state index < -0.39 is 15.8 Å². The van der Waals surface area contributed by atoms with Gasteiger partial charge >= 0.3 is 0 Å². The first kappa shape index (κ1) is 22.6. The van der Waals surface area contributed by atoms with E-state index >= 15 is 0 Å². The van der Waals surface area contributed by atoms with Gasteiger partial charge in [0.2, 0.25) is 0 Å². The van der Waals surface area contributed by atoms with Crippen molar-refractivity contribution >= 4 is 33.2 Å². The standard InChI is InChI=1S/C22H20ClFN2O4S/c1-30-18-8-2-15(3-9-18)12-13-25-22(27)16-4-6-17(7-5-16)26-31(28,29)19-10-11-21(24)20(23)14-19/h2-11,14,26H,12-13H2,1H3,(H,25,27). The van der Waals surface area contributed by atoms with Crippen LogP contribution in [0, 0.1) is 5.82 Å². The maximum absolute atomic E-state index is 13.3. The third kappa shape index (κ3) is 5.96. The van der Waals surface area contributed by atoms with Crippen molar-refractivity contribution in [2.45, 2.75) is 11.3 Å². The van der Waals surface area contributed by atoms with Gasteiger partial charge in [-0.1, -0.05) is 23.7 Å². The predicted molar refractivity (Wildman–Crippen MR) is 118 cm³/mol. The molecule has 0 aliphatic carbocycles. The minimum atomic E-state index is -3.95. The topological polar surface area (TPSA) is 84.5 Å². The lowest BCUT2D eigenvalue weighted by atomic mass is 10.1. The Morgan fingerprint density at radius 2 is 1.71 bits per heavy atom. The highest BCUT2D eigenvalue weighted by molar-refractivity contribution is 7.92. The highest BCUT2D eigenvalue weighted by Crippen LogP contribution is 2.22. The molecule has 9 heteroatoms. The minimum Gasteiger partial charge on any atom is -0.497 e. The average molecular weight is 463 g/mol. The van der Waals surface area contributed by atoms with Crippen molar-refractivity contribution in [2.24, 2.45) is 0 Å². The van der Waals surface area contributed by atoms with Crippen LogP contribution >= 0.6 is 11.6 Å². The molecular weight excluding hydrogens is 443 g/mol. The molecular formula is C22H20ClFN2O4S. The van der Waals surface area contributed by atoms with Crippen molar-refractivity contribution in [2.75, 3.05) is 18.4 Å². The average Bonchev–Trinajstić information content (AvgIpc) is 2.76. The van der Waals surface area contributed by atoms with E-state index in [2.05, 4.69) is 10.0 Å². The van der Waals surface area contributed by atoms with Gasteiger partial charge in [-0.25, -0.2) is 12.8 Å². The van der Waals surface area contributed by atoms with Gasteiger partial charge in [0.15, 0.2) is 0 Å². The van der Waals surface area contributed by atoms with Crippen molar-refractivity contribution in [3.63, 3.8) is 0 Å². The summed E-state index contributed by atoms with van der Waals surface area (Å²) in [7, 11) is -2.35. The Hall–Kier alpha value is -3.10. The zero-order chi connectivity index (χ0) is 22.4. The molecule has 3 aromatic rings. The minimum absolute atomic E-state index is 0.167. The molecule has 0 heterocycles. The molecule has 0 aliphatic heterocycles. The number of ether oxygens (including phenoxy) is 1. The molecule has 1 amide bonds. The van der Waals surface area contributed by atoms with E-state index in [1.54, 1.807) is 7.11 Å². The highest BCUT2D eigenvalue weighted by atomic mass is 35.5. The number of sulfonamides is 1. The van der Waals surface area contributed by atoms with E-state index in [0.717, 1.165) is 29.5 Å². The molecule has 0 unspecified atom stereocenters. The Labute approximate surface area is 185 Å². The maximum Gasteiger partial charge on any atom is 0.261 e. The fourth-order valence-corrected chi connectivity index (χ4v) is 4.09. The monoisotopic (exact) mass is 462 g/mol. The van der Waals surface area contributed by atoms with Crippen molar-refractivity contribution in [1.82, 2.24) is 5.32 Å². The van der Waals surface area contributed by atoms with Crippen LogP contribution in [0.3, 0.4) is 0 Å². The van der Waals surface area contributed by atoms with Gasteiger partial charge < -0.3 is 10.1 Å². The molecule has 0 fully saturated rings. The summed E-state index contributed by atoms with van der Waals surface area (Å²) in [6.45, 7) is 0.449. The molecule has 0 radical (unpaired) electrons. The van der Waals surface area contributed by atoms with Crippen LogP contribution in [-0.4, -0.2) is 28.0 Å². The molecule has 162 valence electrons. The molecule has 0 bridgehead atoms. The lowest BCUT2D eigenvalue weighted by Crippen LogP contribution is -2.25. The van der Waals surface area contributed by atoms with Gasteiger partial charge in [-0.05, 0) is 66.6 Å². The number of carbonyl (C=O) groups excluding carboxylic acids is 1. The largest absolute Gasteiger partial charge is 0.497 e. The van der Waals surface area contributed by atoms with Crippen LogP contribution in [-0.2, 0) is 16.4 Å². The third-order valence-electron chi connectivity index (χ3n) is 4.46. The first-order valence-corrected chi connectivity index (χ1v) is 11.1. The predicted octanol–water partition coefficient (Wildman–Crippen LogP) is 4.26. The zero-order valence-corrected chi connectivity index (χ0v) is 18.1.